The van der Waals surface area contributed by atoms with Crippen LogP contribution in [-0.4, -0.2) is 44.0 Å². The minimum Gasteiger partial charge on any atom is -0.463 e. The Morgan fingerprint density at radius 2 is 2.24 bits per heavy atom. The van der Waals surface area contributed by atoms with Crippen molar-refractivity contribution >= 4 is 9.84 Å². The third-order valence-electron chi connectivity index (χ3n) is 3.95. The molecule has 120 valence electrons. The van der Waals surface area contributed by atoms with Crippen LogP contribution in [0.15, 0.2) is 10.5 Å². The molecule has 1 saturated heterocycles. The van der Waals surface area contributed by atoms with Crippen molar-refractivity contribution in [1.82, 2.24) is 10.2 Å². The monoisotopic (exact) mass is 314 g/mol. The molecule has 1 aliphatic rings. The molecule has 2 heterocycles. The molecule has 1 N–H and O–H groups in total. The Kier molecular flexibility index (Phi) is 5.46. The first kappa shape index (κ1) is 16.5. The van der Waals surface area contributed by atoms with Crippen molar-refractivity contribution < 1.29 is 12.8 Å². The summed E-state index contributed by atoms with van der Waals surface area (Å²) in [6.07, 6.45) is 1.10. The molecule has 5 nitrogen and oxygen atoms in total. The lowest BCUT2D eigenvalue weighted by Crippen LogP contribution is -2.46. The Bertz CT molecular complexity index is 565. The van der Waals surface area contributed by atoms with Crippen molar-refractivity contribution in [3.63, 3.8) is 0 Å². The molecule has 6 heteroatoms. The number of furan rings is 1. The second-order valence-electron chi connectivity index (χ2n) is 5.93. The molecule has 1 unspecified atom stereocenters. The first-order valence-corrected chi connectivity index (χ1v) is 9.47. The van der Waals surface area contributed by atoms with Crippen LogP contribution in [0.25, 0.3) is 0 Å². The molecule has 1 aromatic heterocycles. The molecule has 0 amide bonds. The number of nitrogens with zero attached hydrogens (tertiary/aromatic N) is 1. The van der Waals surface area contributed by atoms with Gasteiger partial charge in [-0.05, 0) is 38.4 Å². The normalized spacial score (nSPS) is 22.5. The second kappa shape index (κ2) is 6.94. The minimum atomic E-state index is -2.86. The molecule has 1 atom stereocenters. The molecule has 1 aromatic rings. The average molecular weight is 314 g/mol. The molecule has 0 bridgehead atoms. The SMILES string of the molecule is CCCNCc1oc(CN2CCS(=O)(=O)CC2C)cc1C. The molecule has 21 heavy (non-hydrogen) atoms. The van der Waals surface area contributed by atoms with Gasteiger partial charge in [0.15, 0.2) is 9.84 Å². The summed E-state index contributed by atoms with van der Waals surface area (Å²) < 4.78 is 29.1. The zero-order chi connectivity index (χ0) is 15.5. The Balaban J connectivity index is 1.95. The van der Waals surface area contributed by atoms with Crippen molar-refractivity contribution in [2.45, 2.75) is 46.3 Å². The van der Waals surface area contributed by atoms with Crippen LogP contribution in [0.2, 0.25) is 0 Å². The van der Waals surface area contributed by atoms with Crippen molar-refractivity contribution in [3.8, 4) is 0 Å². The highest BCUT2D eigenvalue weighted by molar-refractivity contribution is 7.91. The lowest BCUT2D eigenvalue weighted by molar-refractivity contribution is 0.199. The van der Waals surface area contributed by atoms with Crippen LogP contribution < -0.4 is 5.32 Å². The van der Waals surface area contributed by atoms with Gasteiger partial charge in [-0.15, -0.1) is 0 Å². The number of hydrogen-bond acceptors (Lipinski definition) is 5. The number of rotatable bonds is 6. The maximum absolute atomic E-state index is 11.6. The topological polar surface area (TPSA) is 62.6 Å². The summed E-state index contributed by atoms with van der Waals surface area (Å²) >= 11 is 0. The van der Waals surface area contributed by atoms with Crippen molar-refractivity contribution in [2.75, 3.05) is 24.6 Å². The standard InChI is InChI=1S/C15H26N2O3S/c1-4-5-16-9-15-12(2)8-14(20-15)10-17-6-7-21(18,19)11-13(17)3/h8,13,16H,4-7,9-11H2,1-3H3. The number of hydrogen-bond donors (Lipinski definition) is 1. The van der Waals surface area contributed by atoms with Crippen LogP contribution in [0.1, 0.15) is 37.4 Å². The van der Waals surface area contributed by atoms with Gasteiger partial charge in [0, 0.05) is 12.6 Å². The molecule has 0 aromatic carbocycles. The van der Waals surface area contributed by atoms with Gasteiger partial charge in [-0.25, -0.2) is 8.42 Å². The largest absolute Gasteiger partial charge is 0.463 e. The fourth-order valence-corrected chi connectivity index (χ4v) is 4.32. The average Bonchev–Trinajstić information content (AvgIpc) is 2.73. The van der Waals surface area contributed by atoms with E-state index in [1.165, 1.54) is 0 Å². The number of sulfone groups is 1. The predicted molar refractivity (Wildman–Crippen MR) is 84.0 cm³/mol. The van der Waals surface area contributed by atoms with E-state index in [-0.39, 0.29) is 17.5 Å². The summed E-state index contributed by atoms with van der Waals surface area (Å²) in [6, 6.07) is 2.12. The van der Waals surface area contributed by atoms with E-state index >= 15 is 0 Å². The van der Waals surface area contributed by atoms with Crippen LogP contribution in [-0.2, 0) is 22.9 Å². The Morgan fingerprint density at radius 3 is 2.90 bits per heavy atom. The number of nitrogens with one attached hydrogen (secondary N) is 1. The van der Waals surface area contributed by atoms with E-state index in [1.807, 2.05) is 6.92 Å². The summed E-state index contributed by atoms with van der Waals surface area (Å²) in [6.45, 7) is 9.17. The molecular formula is C15H26N2O3S. The van der Waals surface area contributed by atoms with Gasteiger partial charge in [0.1, 0.15) is 11.5 Å². The van der Waals surface area contributed by atoms with Crippen molar-refractivity contribution in [2.24, 2.45) is 0 Å². The molecule has 0 radical (unpaired) electrons. The maximum atomic E-state index is 11.6. The maximum Gasteiger partial charge on any atom is 0.153 e. The van der Waals surface area contributed by atoms with Gasteiger partial charge >= 0.3 is 0 Å². The van der Waals surface area contributed by atoms with E-state index < -0.39 is 9.84 Å². The van der Waals surface area contributed by atoms with Crippen LogP contribution in [0, 0.1) is 6.92 Å². The fraction of sp³-hybridized carbons (Fsp3) is 0.733. The lowest BCUT2D eigenvalue weighted by Gasteiger charge is -2.32. The Morgan fingerprint density at radius 1 is 1.48 bits per heavy atom. The Labute approximate surface area is 127 Å². The molecule has 0 aliphatic carbocycles. The smallest absolute Gasteiger partial charge is 0.153 e. The first-order chi connectivity index (χ1) is 9.91. The highest BCUT2D eigenvalue weighted by Crippen LogP contribution is 2.19. The van der Waals surface area contributed by atoms with Crippen LogP contribution >= 0.6 is 0 Å². The summed E-state index contributed by atoms with van der Waals surface area (Å²) in [5, 5.41) is 3.34. The Hall–Kier alpha value is -0.850. The van der Waals surface area contributed by atoms with E-state index in [0.29, 0.717) is 13.1 Å². The van der Waals surface area contributed by atoms with Crippen molar-refractivity contribution in [3.05, 3.63) is 23.2 Å². The summed E-state index contributed by atoms with van der Waals surface area (Å²) in [5.74, 6) is 2.40. The van der Waals surface area contributed by atoms with E-state index in [9.17, 15) is 8.42 Å². The zero-order valence-electron chi connectivity index (χ0n) is 13.2. The molecule has 1 fully saturated rings. The third-order valence-corrected chi connectivity index (χ3v) is 5.75. The third kappa shape index (κ3) is 4.56. The van der Waals surface area contributed by atoms with Crippen LogP contribution in [0.4, 0.5) is 0 Å². The van der Waals surface area contributed by atoms with Crippen molar-refractivity contribution in [1.29, 1.82) is 0 Å². The van der Waals surface area contributed by atoms with E-state index in [4.69, 9.17) is 4.42 Å². The molecule has 0 spiro atoms. The van der Waals surface area contributed by atoms with Gasteiger partial charge in [-0.1, -0.05) is 6.92 Å². The van der Waals surface area contributed by atoms with Crippen LogP contribution in [0.3, 0.4) is 0 Å². The highest BCUT2D eigenvalue weighted by Gasteiger charge is 2.28. The summed E-state index contributed by atoms with van der Waals surface area (Å²) in [5.41, 5.74) is 1.16. The predicted octanol–water partition coefficient (Wildman–Crippen LogP) is 1.71. The summed E-state index contributed by atoms with van der Waals surface area (Å²) in [4.78, 5) is 2.18. The fourth-order valence-electron chi connectivity index (χ4n) is 2.69. The van der Waals surface area contributed by atoms with Crippen LogP contribution in [0.5, 0.6) is 0 Å². The number of aryl methyl sites for hydroxylation is 1. The second-order valence-corrected chi connectivity index (χ2v) is 8.16. The molecule has 2 rings (SSSR count). The molecular weight excluding hydrogens is 288 g/mol. The highest BCUT2D eigenvalue weighted by atomic mass is 32.2. The first-order valence-electron chi connectivity index (χ1n) is 7.64. The van der Waals surface area contributed by atoms with Gasteiger partial charge in [-0.2, -0.15) is 0 Å². The molecule has 1 aliphatic heterocycles. The van der Waals surface area contributed by atoms with Gasteiger partial charge in [0.25, 0.3) is 0 Å². The van der Waals surface area contributed by atoms with Gasteiger partial charge < -0.3 is 9.73 Å². The van der Waals surface area contributed by atoms with Gasteiger partial charge in [0.2, 0.25) is 0 Å². The van der Waals surface area contributed by atoms with Gasteiger partial charge in [-0.3, -0.25) is 4.90 Å². The van der Waals surface area contributed by atoms with E-state index in [0.717, 1.165) is 36.6 Å². The quantitative estimate of drug-likeness (QED) is 0.810. The minimum absolute atomic E-state index is 0.0517. The molecule has 0 saturated carbocycles. The van der Waals surface area contributed by atoms with E-state index in [1.54, 1.807) is 0 Å². The van der Waals surface area contributed by atoms with Gasteiger partial charge in [0.05, 0.1) is 24.6 Å². The van der Waals surface area contributed by atoms with E-state index in [2.05, 4.69) is 30.1 Å². The lowest BCUT2D eigenvalue weighted by atomic mass is 10.2. The zero-order valence-corrected chi connectivity index (χ0v) is 14.0. The summed E-state index contributed by atoms with van der Waals surface area (Å²) in [7, 11) is -2.86.